The van der Waals surface area contributed by atoms with Crippen molar-refractivity contribution in [3.05, 3.63) is 23.8 Å². The highest BCUT2D eigenvalue weighted by atomic mass is 32.2. The van der Waals surface area contributed by atoms with Gasteiger partial charge in [0, 0.05) is 18.6 Å². The summed E-state index contributed by atoms with van der Waals surface area (Å²) in [6, 6.07) is 2.86. The third kappa shape index (κ3) is 6.19. The minimum atomic E-state index is -3.91. The number of esters is 1. The van der Waals surface area contributed by atoms with Crippen LogP contribution in [-0.2, 0) is 19.6 Å². The molecule has 178 valence electrons. The van der Waals surface area contributed by atoms with E-state index in [1.54, 1.807) is 13.8 Å². The molecule has 32 heavy (non-hydrogen) atoms. The van der Waals surface area contributed by atoms with Gasteiger partial charge in [-0.05, 0) is 58.7 Å². The van der Waals surface area contributed by atoms with Crippen molar-refractivity contribution in [2.75, 3.05) is 13.7 Å². The number of imide groups is 1. The molecule has 2 rings (SSSR count). The highest BCUT2D eigenvalue weighted by molar-refractivity contribution is 7.89. The van der Waals surface area contributed by atoms with E-state index in [-0.39, 0.29) is 28.3 Å². The molecule has 0 saturated carbocycles. The van der Waals surface area contributed by atoms with Crippen molar-refractivity contribution in [1.82, 2.24) is 14.9 Å². The molecule has 0 aromatic heterocycles. The van der Waals surface area contributed by atoms with Gasteiger partial charge >= 0.3 is 12.0 Å². The number of nitrogens with one attached hydrogen (secondary N) is 2. The van der Waals surface area contributed by atoms with Crippen molar-refractivity contribution < 1.29 is 32.3 Å². The summed E-state index contributed by atoms with van der Waals surface area (Å²) >= 11 is 0. The second-order valence-electron chi connectivity index (χ2n) is 7.99. The summed E-state index contributed by atoms with van der Waals surface area (Å²) in [5.41, 5.74) is -0.0553. The molecule has 0 bridgehead atoms. The average molecular weight is 470 g/mol. The zero-order valence-electron chi connectivity index (χ0n) is 19.0. The standard InChI is InChI=1S/C21H31N3O7S/c1-13(2)22-21(27)23-19(25)15(4)31-20(26)16-9-10-17(30-5)18(12-16)32(28,29)24-11-7-6-8-14(24)3/h9-10,12-15H,6-8,11H2,1-5H3,(H2,22,23,25,27)/t14-,15-/m0/s1. The molecular formula is C21H31N3O7S. The van der Waals surface area contributed by atoms with Crippen LogP contribution in [-0.4, -0.2) is 62.5 Å². The Balaban J connectivity index is 2.21. The molecule has 1 fully saturated rings. The van der Waals surface area contributed by atoms with Gasteiger partial charge in [-0.15, -0.1) is 0 Å². The Kier molecular flexibility index (Phi) is 8.62. The number of carbonyl (C=O) groups is 3. The van der Waals surface area contributed by atoms with Crippen LogP contribution < -0.4 is 15.4 Å². The second-order valence-corrected chi connectivity index (χ2v) is 9.85. The van der Waals surface area contributed by atoms with E-state index in [0.29, 0.717) is 6.54 Å². The highest BCUT2D eigenvalue weighted by Crippen LogP contribution is 2.31. The number of ether oxygens (including phenoxy) is 2. The Morgan fingerprint density at radius 3 is 2.44 bits per heavy atom. The van der Waals surface area contributed by atoms with Gasteiger partial charge in [0.05, 0.1) is 12.7 Å². The van der Waals surface area contributed by atoms with Gasteiger partial charge in [0.25, 0.3) is 5.91 Å². The Labute approximate surface area is 188 Å². The van der Waals surface area contributed by atoms with Crippen LogP contribution in [0, 0.1) is 0 Å². The first-order valence-corrected chi connectivity index (χ1v) is 11.9. The van der Waals surface area contributed by atoms with E-state index in [9.17, 15) is 22.8 Å². The lowest BCUT2D eigenvalue weighted by atomic mass is 10.1. The number of benzene rings is 1. The van der Waals surface area contributed by atoms with E-state index in [1.165, 1.54) is 36.5 Å². The summed E-state index contributed by atoms with van der Waals surface area (Å²) in [5.74, 6) is -1.60. The van der Waals surface area contributed by atoms with Crippen molar-refractivity contribution in [3.63, 3.8) is 0 Å². The van der Waals surface area contributed by atoms with Crippen LogP contribution in [0.3, 0.4) is 0 Å². The average Bonchev–Trinajstić information content (AvgIpc) is 2.72. The van der Waals surface area contributed by atoms with Gasteiger partial charge in [0.15, 0.2) is 6.10 Å². The molecule has 1 aliphatic heterocycles. The number of carbonyl (C=O) groups excluding carboxylic acids is 3. The van der Waals surface area contributed by atoms with E-state index in [0.717, 1.165) is 19.3 Å². The first-order chi connectivity index (χ1) is 15.0. The number of rotatable bonds is 7. The van der Waals surface area contributed by atoms with E-state index >= 15 is 0 Å². The van der Waals surface area contributed by atoms with Gasteiger partial charge in [-0.25, -0.2) is 18.0 Å². The third-order valence-electron chi connectivity index (χ3n) is 5.04. The first kappa shape index (κ1) is 25.6. The molecular weight excluding hydrogens is 438 g/mol. The van der Waals surface area contributed by atoms with Gasteiger partial charge in [0.2, 0.25) is 10.0 Å². The maximum atomic E-state index is 13.3. The minimum absolute atomic E-state index is 0.0553. The van der Waals surface area contributed by atoms with Gasteiger partial charge < -0.3 is 14.8 Å². The smallest absolute Gasteiger partial charge is 0.338 e. The van der Waals surface area contributed by atoms with Crippen LogP contribution >= 0.6 is 0 Å². The fourth-order valence-electron chi connectivity index (χ4n) is 3.35. The molecule has 0 spiro atoms. The van der Waals surface area contributed by atoms with Crippen molar-refractivity contribution in [2.24, 2.45) is 0 Å². The highest BCUT2D eigenvalue weighted by Gasteiger charge is 2.34. The van der Waals surface area contributed by atoms with Crippen LogP contribution in [0.25, 0.3) is 0 Å². The summed E-state index contributed by atoms with van der Waals surface area (Å²) in [7, 11) is -2.57. The molecule has 1 aromatic carbocycles. The van der Waals surface area contributed by atoms with Crippen molar-refractivity contribution in [1.29, 1.82) is 0 Å². The summed E-state index contributed by atoms with van der Waals surface area (Å²) in [6.07, 6.45) is 1.18. The lowest BCUT2D eigenvalue weighted by Crippen LogP contribution is -2.46. The number of piperidine rings is 1. The van der Waals surface area contributed by atoms with Crippen molar-refractivity contribution in [3.8, 4) is 5.75 Å². The fraction of sp³-hybridized carbons (Fsp3) is 0.571. The molecule has 11 heteroatoms. The predicted octanol–water partition coefficient (Wildman–Crippen LogP) is 2.04. The topological polar surface area (TPSA) is 131 Å². The maximum absolute atomic E-state index is 13.3. The van der Waals surface area contributed by atoms with Crippen LogP contribution in [0.15, 0.2) is 23.1 Å². The lowest BCUT2D eigenvalue weighted by Gasteiger charge is -2.32. The molecule has 1 saturated heterocycles. The van der Waals surface area contributed by atoms with Gasteiger partial charge in [-0.3, -0.25) is 10.1 Å². The molecule has 0 unspecified atom stereocenters. The largest absolute Gasteiger partial charge is 0.495 e. The van der Waals surface area contributed by atoms with Crippen LogP contribution in [0.5, 0.6) is 5.75 Å². The van der Waals surface area contributed by atoms with Gasteiger partial charge in [-0.2, -0.15) is 4.31 Å². The molecule has 2 N–H and O–H groups in total. The predicted molar refractivity (Wildman–Crippen MR) is 117 cm³/mol. The molecule has 2 atom stereocenters. The maximum Gasteiger partial charge on any atom is 0.338 e. The summed E-state index contributed by atoms with van der Waals surface area (Å²) in [6.45, 7) is 7.00. The first-order valence-electron chi connectivity index (χ1n) is 10.5. The van der Waals surface area contributed by atoms with E-state index in [1.807, 2.05) is 6.92 Å². The number of hydrogen-bond donors (Lipinski definition) is 2. The second kappa shape index (κ2) is 10.8. The molecule has 10 nitrogen and oxygen atoms in total. The number of amides is 3. The van der Waals surface area contributed by atoms with Crippen molar-refractivity contribution in [2.45, 2.75) is 70.0 Å². The molecule has 0 radical (unpaired) electrons. The Morgan fingerprint density at radius 2 is 1.84 bits per heavy atom. The van der Waals surface area contributed by atoms with Gasteiger partial charge in [-0.1, -0.05) is 6.42 Å². The zero-order valence-corrected chi connectivity index (χ0v) is 19.8. The normalized spacial score (nSPS) is 18.0. The summed E-state index contributed by atoms with van der Waals surface area (Å²) in [5, 5.41) is 4.57. The third-order valence-corrected chi connectivity index (χ3v) is 7.07. The van der Waals surface area contributed by atoms with Crippen LogP contribution in [0.1, 0.15) is 57.3 Å². The quantitative estimate of drug-likeness (QED) is 0.584. The fourth-order valence-corrected chi connectivity index (χ4v) is 5.24. The van der Waals surface area contributed by atoms with Crippen LogP contribution in [0.2, 0.25) is 0 Å². The van der Waals surface area contributed by atoms with Crippen molar-refractivity contribution >= 4 is 27.9 Å². The number of sulfonamides is 1. The molecule has 1 heterocycles. The summed E-state index contributed by atoms with van der Waals surface area (Å²) < 4.78 is 38.3. The number of methoxy groups -OCH3 is 1. The summed E-state index contributed by atoms with van der Waals surface area (Å²) in [4.78, 5) is 36.2. The number of hydrogen-bond acceptors (Lipinski definition) is 7. The zero-order chi connectivity index (χ0) is 24.1. The Morgan fingerprint density at radius 1 is 1.16 bits per heavy atom. The number of urea groups is 1. The van der Waals surface area contributed by atoms with Crippen LogP contribution in [0.4, 0.5) is 4.79 Å². The number of nitrogens with zero attached hydrogens (tertiary/aromatic N) is 1. The Bertz CT molecular complexity index is 962. The SMILES string of the molecule is COc1ccc(C(=O)O[C@@H](C)C(=O)NC(=O)NC(C)C)cc1S(=O)(=O)N1CCCC[C@@H]1C. The monoisotopic (exact) mass is 469 g/mol. The lowest BCUT2D eigenvalue weighted by molar-refractivity contribution is -0.127. The molecule has 1 aliphatic rings. The molecule has 0 aliphatic carbocycles. The van der Waals surface area contributed by atoms with E-state index in [2.05, 4.69) is 10.6 Å². The minimum Gasteiger partial charge on any atom is -0.495 e. The Hall–Kier alpha value is -2.66. The molecule has 3 amide bonds. The molecule has 1 aromatic rings. The van der Waals surface area contributed by atoms with E-state index < -0.39 is 34.0 Å². The van der Waals surface area contributed by atoms with Gasteiger partial charge in [0.1, 0.15) is 10.6 Å². The van der Waals surface area contributed by atoms with E-state index in [4.69, 9.17) is 9.47 Å².